The Bertz CT molecular complexity index is 1390. The zero-order valence-corrected chi connectivity index (χ0v) is 19.5. The molecule has 4 rings (SSSR count). The third-order valence-electron chi connectivity index (χ3n) is 5.85. The molecule has 9 nitrogen and oxygen atoms in total. The summed E-state index contributed by atoms with van der Waals surface area (Å²) < 4.78 is 5.19. The first kappa shape index (κ1) is 24.3. The molecule has 0 spiro atoms. The van der Waals surface area contributed by atoms with Crippen LogP contribution in [0, 0.1) is 10.1 Å². The van der Waals surface area contributed by atoms with Gasteiger partial charge in [-0.3, -0.25) is 29.4 Å². The minimum Gasteiger partial charge on any atom is -0.507 e. The summed E-state index contributed by atoms with van der Waals surface area (Å²) in [5.74, 6) is -2.55. The Hall–Kier alpha value is -4.79. The zero-order valence-electron chi connectivity index (χ0n) is 19.5. The van der Waals surface area contributed by atoms with Crippen LogP contribution in [0.3, 0.4) is 0 Å². The number of amides is 1. The van der Waals surface area contributed by atoms with Gasteiger partial charge in [0.15, 0.2) is 0 Å². The largest absolute Gasteiger partial charge is 0.507 e. The van der Waals surface area contributed by atoms with E-state index in [1.807, 2.05) is 19.1 Å². The number of aliphatic hydroxyl groups is 1. The fraction of sp³-hybridized carbons (Fsp3) is 0.148. The number of anilines is 1. The number of carbonyl (C=O) groups is 3. The molecule has 0 bridgehead atoms. The molecular formula is C27H22N2O7. The first-order valence-electron chi connectivity index (χ1n) is 11.1. The molecule has 3 aromatic rings. The van der Waals surface area contributed by atoms with Gasteiger partial charge in [-0.25, -0.2) is 0 Å². The van der Waals surface area contributed by atoms with E-state index < -0.39 is 34.4 Å². The maximum Gasteiger partial charge on any atom is 0.308 e. The quantitative estimate of drug-likeness (QED) is 0.102. The molecule has 36 heavy (non-hydrogen) atoms. The number of carbonyl (C=O) groups excluding carboxylic acids is 3. The van der Waals surface area contributed by atoms with E-state index in [1.165, 1.54) is 42.2 Å². The number of benzene rings is 3. The molecule has 1 atom stereocenters. The second-order valence-corrected chi connectivity index (χ2v) is 8.16. The van der Waals surface area contributed by atoms with E-state index in [-0.39, 0.29) is 22.6 Å². The number of hydrogen-bond donors (Lipinski definition) is 1. The van der Waals surface area contributed by atoms with Crippen LogP contribution in [-0.4, -0.2) is 27.7 Å². The van der Waals surface area contributed by atoms with Crippen LogP contribution in [0.4, 0.5) is 11.4 Å². The number of non-ortho nitro benzene ring substituents is 1. The third-order valence-corrected chi connectivity index (χ3v) is 5.85. The molecule has 0 saturated carbocycles. The molecule has 0 radical (unpaired) electrons. The van der Waals surface area contributed by atoms with Gasteiger partial charge >= 0.3 is 5.97 Å². The Morgan fingerprint density at radius 1 is 1.06 bits per heavy atom. The molecular weight excluding hydrogens is 464 g/mol. The average molecular weight is 486 g/mol. The highest BCUT2D eigenvalue weighted by Gasteiger charge is 2.47. The first-order chi connectivity index (χ1) is 17.2. The van der Waals surface area contributed by atoms with Gasteiger partial charge in [0.05, 0.1) is 16.5 Å². The Morgan fingerprint density at radius 2 is 1.72 bits per heavy atom. The van der Waals surface area contributed by atoms with Crippen LogP contribution in [0.5, 0.6) is 5.75 Å². The van der Waals surface area contributed by atoms with Gasteiger partial charge in [0, 0.05) is 30.3 Å². The summed E-state index contributed by atoms with van der Waals surface area (Å²) in [7, 11) is 0. The van der Waals surface area contributed by atoms with Crippen LogP contribution in [0.1, 0.15) is 36.6 Å². The molecule has 0 aromatic heterocycles. The maximum absolute atomic E-state index is 13.3. The van der Waals surface area contributed by atoms with E-state index in [2.05, 4.69) is 0 Å². The SMILES string of the molecule is CCc1ccc(N2C(=O)C(=O)/C(=C(/O)c3ccc([N+](=O)[O-])cc3)C2c2cccc(OC(C)=O)c2)cc1. The van der Waals surface area contributed by atoms with Gasteiger partial charge in [-0.1, -0.05) is 31.2 Å². The number of ketones is 1. The molecule has 1 fully saturated rings. The molecule has 0 aliphatic carbocycles. The van der Waals surface area contributed by atoms with Gasteiger partial charge in [0.1, 0.15) is 11.5 Å². The lowest BCUT2D eigenvalue weighted by molar-refractivity contribution is -0.384. The van der Waals surface area contributed by atoms with E-state index in [1.54, 1.807) is 30.3 Å². The molecule has 1 N–H and O–H groups in total. The lowest BCUT2D eigenvalue weighted by Crippen LogP contribution is -2.29. The second-order valence-electron chi connectivity index (χ2n) is 8.16. The van der Waals surface area contributed by atoms with Crippen molar-refractivity contribution in [3.8, 4) is 5.75 Å². The van der Waals surface area contributed by atoms with E-state index in [0.29, 0.717) is 11.3 Å². The fourth-order valence-corrected chi connectivity index (χ4v) is 4.12. The molecule has 1 heterocycles. The fourth-order valence-electron chi connectivity index (χ4n) is 4.12. The summed E-state index contributed by atoms with van der Waals surface area (Å²) in [6.07, 6.45) is 0.785. The second kappa shape index (κ2) is 9.83. The predicted octanol–water partition coefficient (Wildman–Crippen LogP) is 4.71. The van der Waals surface area contributed by atoms with Crippen molar-refractivity contribution in [1.29, 1.82) is 0 Å². The Morgan fingerprint density at radius 3 is 2.31 bits per heavy atom. The smallest absolute Gasteiger partial charge is 0.308 e. The number of ether oxygens (including phenoxy) is 1. The third kappa shape index (κ3) is 4.58. The number of nitrogens with zero attached hydrogens (tertiary/aromatic N) is 2. The highest BCUT2D eigenvalue weighted by molar-refractivity contribution is 6.51. The minimum atomic E-state index is -1.04. The Balaban J connectivity index is 1.90. The van der Waals surface area contributed by atoms with Crippen molar-refractivity contribution < 1.29 is 29.2 Å². The van der Waals surface area contributed by atoms with E-state index in [0.717, 1.165) is 12.0 Å². The van der Waals surface area contributed by atoms with Crippen LogP contribution in [-0.2, 0) is 20.8 Å². The maximum atomic E-state index is 13.3. The van der Waals surface area contributed by atoms with Gasteiger partial charge < -0.3 is 9.84 Å². The van der Waals surface area contributed by atoms with Crippen molar-refractivity contribution in [1.82, 2.24) is 0 Å². The van der Waals surface area contributed by atoms with Gasteiger partial charge in [-0.2, -0.15) is 0 Å². The monoisotopic (exact) mass is 486 g/mol. The molecule has 1 saturated heterocycles. The summed E-state index contributed by atoms with van der Waals surface area (Å²) >= 11 is 0. The lowest BCUT2D eigenvalue weighted by Gasteiger charge is -2.26. The molecule has 3 aromatic carbocycles. The number of hydrogen-bond acceptors (Lipinski definition) is 7. The highest BCUT2D eigenvalue weighted by Crippen LogP contribution is 2.43. The molecule has 1 amide bonds. The number of nitro groups is 1. The number of nitro benzene ring substituents is 1. The Labute approximate surface area is 206 Å². The van der Waals surface area contributed by atoms with E-state index in [9.17, 15) is 29.6 Å². The summed E-state index contributed by atoms with van der Waals surface area (Å²) in [6.45, 7) is 3.24. The molecule has 182 valence electrons. The molecule has 9 heteroatoms. The molecule has 1 aliphatic heterocycles. The van der Waals surface area contributed by atoms with Crippen LogP contribution in [0.2, 0.25) is 0 Å². The van der Waals surface area contributed by atoms with Gasteiger partial charge in [-0.15, -0.1) is 0 Å². The van der Waals surface area contributed by atoms with E-state index >= 15 is 0 Å². The van der Waals surface area contributed by atoms with Crippen LogP contribution in [0.25, 0.3) is 5.76 Å². The lowest BCUT2D eigenvalue weighted by atomic mass is 9.95. The predicted molar refractivity (Wildman–Crippen MR) is 131 cm³/mol. The van der Waals surface area contributed by atoms with Crippen LogP contribution in [0.15, 0.2) is 78.4 Å². The van der Waals surface area contributed by atoms with Crippen molar-refractivity contribution >= 4 is 34.8 Å². The molecule has 1 aliphatic rings. The minimum absolute atomic E-state index is 0.140. The van der Waals surface area contributed by atoms with Gasteiger partial charge in [0.2, 0.25) is 0 Å². The van der Waals surface area contributed by atoms with Gasteiger partial charge in [0.25, 0.3) is 17.4 Å². The number of rotatable bonds is 6. The van der Waals surface area contributed by atoms with E-state index in [4.69, 9.17) is 4.74 Å². The summed E-state index contributed by atoms with van der Waals surface area (Å²) in [5, 5.41) is 22.2. The average Bonchev–Trinajstić information content (AvgIpc) is 3.13. The van der Waals surface area contributed by atoms with Crippen molar-refractivity contribution in [3.05, 3.63) is 105 Å². The van der Waals surface area contributed by atoms with Crippen LogP contribution < -0.4 is 9.64 Å². The summed E-state index contributed by atoms with van der Waals surface area (Å²) in [5.41, 5.74) is 1.67. The van der Waals surface area contributed by atoms with Crippen molar-refractivity contribution in [2.45, 2.75) is 26.3 Å². The van der Waals surface area contributed by atoms with Crippen molar-refractivity contribution in [2.75, 3.05) is 4.90 Å². The van der Waals surface area contributed by atoms with Crippen molar-refractivity contribution in [3.63, 3.8) is 0 Å². The summed E-state index contributed by atoms with van der Waals surface area (Å²) in [6, 6.07) is 17.5. The number of esters is 1. The van der Waals surface area contributed by atoms with Gasteiger partial charge in [-0.05, 0) is 53.9 Å². The zero-order chi connectivity index (χ0) is 26.0. The van der Waals surface area contributed by atoms with Crippen molar-refractivity contribution in [2.24, 2.45) is 0 Å². The standard InChI is InChI=1S/C27H22N2O7/c1-3-17-7-11-20(12-8-17)28-24(19-5-4-6-22(15-19)36-16(2)30)23(26(32)27(28)33)25(31)18-9-13-21(14-10-18)29(34)35/h4-15,24,31H,3H2,1-2H3/b25-23+. The molecule has 1 unspecified atom stereocenters. The number of aryl methyl sites for hydroxylation is 1. The number of aliphatic hydroxyl groups excluding tert-OH is 1. The topological polar surface area (TPSA) is 127 Å². The Kier molecular flexibility index (Phi) is 6.64. The normalized spacial score (nSPS) is 16.7. The van der Waals surface area contributed by atoms with Crippen LogP contribution >= 0.6 is 0 Å². The highest BCUT2D eigenvalue weighted by atomic mass is 16.6. The first-order valence-corrected chi connectivity index (χ1v) is 11.1. The number of Topliss-reactive ketones (excluding diaryl/α,β-unsaturated/α-hetero) is 1. The summed E-state index contributed by atoms with van der Waals surface area (Å²) in [4.78, 5) is 49.7.